The van der Waals surface area contributed by atoms with Crippen LogP contribution in [-0.2, 0) is 6.54 Å². The number of hydrogen-bond acceptors (Lipinski definition) is 2. The van der Waals surface area contributed by atoms with Crippen molar-refractivity contribution in [2.75, 3.05) is 5.32 Å². The molecule has 0 aliphatic heterocycles. The number of hydrogen-bond donors (Lipinski definition) is 2. The normalized spacial score (nSPS) is 10.4. The molecule has 94 valence electrons. The fourth-order valence-electron chi connectivity index (χ4n) is 1.71. The monoisotopic (exact) mass is 309 g/mol. The van der Waals surface area contributed by atoms with Gasteiger partial charge in [0.15, 0.2) is 0 Å². The van der Waals surface area contributed by atoms with Gasteiger partial charge >= 0.3 is 0 Å². The van der Waals surface area contributed by atoms with Crippen molar-refractivity contribution in [1.82, 2.24) is 0 Å². The second-order valence-electron chi connectivity index (χ2n) is 4.03. The van der Waals surface area contributed by atoms with Gasteiger partial charge < -0.3 is 10.4 Å². The van der Waals surface area contributed by atoms with Gasteiger partial charge in [0.1, 0.15) is 11.6 Å². The Morgan fingerprint density at radius 1 is 1.22 bits per heavy atom. The Kier molecular flexibility index (Phi) is 3.87. The molecule has 2 N–H and O–H groups in total. The van der Waals surface area contributed by atoms with E-state index >= 15 is 0 Å². The highest BCUT2D eigenvalue weighted by atomic mass is 79.9. The Balaban J connectivity index is 2.19. The second-order valence-corrected chi connectivity index (χ2v) is 4.89. The minimum absolute atomic E-state index is 0.248. The maximum Gasteiger partial charge on any atom is 0.147 e. The van der Waals surface area contributed by atoms with Crippen LogP contribution >= 0.6 is 15.9 Å². The van der Waals surface area contributed by atoms with E-state index in [-0.39, 0.29) is 11.6 Å². The van der Waals surface area contributed by atoms with E-state index in [0.717, 1.165) is 11.1 Å². The highest BCUT2D eigenvalue weighted by Crippen LogP contribution is 2.27. The number of aromatic hydroxyl groups is 1. The summed E-state index contributed by atoms with van der Waals surface area (Å²) in [5.41, 5.74) is 1.95. The van der Waals surface area contributed by atoms with Crippen LogP contribution in [0.25, 0.3) is 0 Å². The van der Waals surface area contributed by atoms with Crippen LogP contribution < -0.4 is 5.32 Å². The molecule has 0 spiro atoms. The molecule has 0 bridgehead atoms. The summed E-state index contributed by atoms with van der Waals surface area (Å²) in [7, 11) is 0. The lowest BCUT2D eigenvalue weighted by Crippen LogP contribution is -2.02. The number of para-hydroxylation sites is 2. The van der Waals surface area contributed by atoms with Crippen LogP contribution in [0.2, 0.25) is 0 Å². The first-order valence-corrected chi connectivity index (χ1v) is 6.34. The molecule has 0 aliphatic rings. The molecule has 0 saturated carbocycles. The van der Waals surface area contributed by atoms with Gasteiger partial charge in [-0.05, 0) is 40.5 Å². The largest absolute Gasteiger partial charge is 0.507 e. The summed E-state index contributed by atoms with van der Waals surface area (Å²) >= 11 is 3.29. The minimum atomic E-state index is -0.323. The first kappa shape index (κ1) is 12.9. The molecule has 2 aromatic rings. The zero-order valence-corrected chi connectivity index (χ0v) is 11.5. The summed E-state index contributed by atoms with van der Waals surface area (Å²) in [6.45, 7) is 2.20. The summed E-state index contributed by atoms with van der Waals surface area (Å²) in [6.07, 6.45) is 0. The van der Waals surface area contributed by atoms with Gasteiger partial charge in [0.25, 0.3) is 0 Å². The number of benzene rings is 2. The standard InChI is InChI=1S/C14H13BrFNO/c1-9-4-2-5-10(14(9)18)8-17-13-11(15)6-3-7-12(13)16/h2-7,17-18H,8H2,1H3. The van der Waals surface area contributed by atoms with Gasteiger partial charge in [0.05, 0.1) is 5.69 Å². The molecule has 0 fully saturated rings. The summed E-state index contributed by atoms with van der Waals surface area (Å²) in [6, 6.07) is 10.3. The molecule has 0 aromatic heterocycles. The highest BCUT2D eigenvalue weighted by molar-refractivity contribution is 9.10. The van der Waals surface area contributed by atoms with E-state index in [4.69, 9.17) is 0 Å². The zero-order chi connectivity index (χ0) is 13.1. The lowest BCUT2D eigenvalue weighted by Gasteiger charge is -2.11. The third-order valence-corrected chi connectivity index (χ3v) is 3.40. The van der Waals surface area contributed by atoms with Crippen molar-refractivity contribution in [3.05, 3.63) is 57.8 Å². The van der Waals surface area contributed by atoms with E-state index in [1.807, 2.05) is 25.1 Å². The van der Waals surface area contributed by atoms with Crippen molar-refractivity contribution in [2.24, 2.45) is 0 Å². The Labute approximate surface area is 114 Å². The molecule has 0 unspecified atom stereocenters. The molecule has 0 atom stereocenters. The second kappa shape index (κ2) is 5.40. The topological polar surface area (TPSA) is 32.3 Å². The number of nitrogens with one attached hydrogen (secondary N) is 1. The van der Waals surface area contributed by atoms with E-state index < -0.39 is 0 Å². The minimum Gasteiger partial charge on any atom is -0.507 e. The SMILES string of the molecule is Cc1cccc(CNc2c(F)cccc2Br)c1O. The lowest BCUT2D eigenvalue weighted by molar-refractivity contribution is 0.465. The van der Waals surface area contributed by atoms with Gasteiger partial charge in [-0.25, -0.2) is 4.39 Å². The average molecular weight is 310 g/mol. The summed E-state index contributed by atoms with van der Waals surface area (Å²) < 4.78 is 14.2. The number of halogens is 2. The van der Waals surface area contributed by atoms with Crippen LogP contribution in [0.5, 0.6) is 5.75 Å². The van der Waals surface area contributed by atoms with Crippen molar-refractivity contribution >= 4 is 21.6 Å². The van der Waals surface area contributed by atoms with Crippen molar-refractivity contribution in [2.45, 2.75) is 13.5 Å². The highest BCUT2D eigenvalue weighted by Gasteiger charge is 2.08. The van der Waals surface area contributed by atoms with Gasteiger partial charge in [0.2, 0.25) is 0 Å². The van der Waals surface area contributed by atoms with Crippen molar-refractivity contribution in [3.63, 3.8) is 0 Å². The van der Waals surface area contributed by atoms with Gasteiger partial charge in [-0.3, -0.25) is 0 Å². The first-order valence-electron chi connectivity index (χ1n) is 5.55. The molecule has 4 heteroatoms. The number of aryl methyl sites for hydroxylation is 1. The van der Waals surface area contributed by atoms with Crippen LogP contribution in [0, 0.1) is 12.7 Å². The summed E-state index contributed by atoms with van der Waals surface area (Å²) in [5, 5.41) is 12.9. The third kappa shape index (κ3) is 2.64. The van der Waals surface area contributed by atoms with E-state index in [1.54, 1.807) is 12.1 Å². The smallest absolute Gasteiger partial charge is 0.147 e. The molecule has 0 amide bonds. The van der Waals surface area contributed by atoms with Crippen LogP contribution in [-0.4, -0.2) is 5.11 Å². The third-order valence-electron chi connectivity index (χ3n) is 2.74. The Morgan fingerprint density at radius 3 is 2.67 bits per heavy atom. The fraction of sp³-hybridized carbons (Fsp3) is 0.143. The molecule has 0 aliphatic carbocycles. The van der Waals surface area contributed by atoms with E-state index in [0.29, 0.717) is 16.7 Å². The van der Waals surface area contributed by atoms with Crippen LogP contribution in [0.4, 0.5) is 10.1 Å². The van der Waals surface area contributed by atoms with Crippen LogP contribution in [0.15, 0.2) is 40.9 Å². The Hall–Kier alpha value is -1.55. The summed E-state index contributed by atoms with van der Waals surface area (Å²) in [4.78, 5) is 0. The van der Waals surface area contributed by atoms with Gasteiger partial charge in [0, 0.05) is 16.6 Å². The van der Waals surface area contributed by atoms with Crippen LogP contribution in [0.3, 0.4) is 0 Å². The van der Waals surface area contributed by atoms with Crippen molar-refractivity contribution < 1.29 is 9.50 Å². The number of anilines is 1. The number of phenolic OH excluding ortho intramolecular Hbond substituents is 1. The van der Waals surface area contributed by atoms with Crippen LogP contribution in [0.1, 0.15) is 11.1 Å². The first-order chi connectivity index (χ1) is 8.59. The zero-order valence-electron chi connectivity index (χ0n) is 9.87. The number of phenols is 1. The van der Waals surface area contributed by atoms with Gasteiger partial charge in [-0.1, -0.05) is 24.3 Å². The maximum absolute atomic E-state index is 13.6. The average Bonchev–Trinajstić information content (AvgIpc) is 2.33. The lowest BCUT2D eigenvalue weighted by atomic mass is 10.1. The molecule has 0 heterocycles. The fourth-order valence-corrected chi connectivity index (χ4v) is 2.19. The van der Waals surface area contributed by atoms with Gasteiger partial charge in [-0.15, -0.1) is 0 Å². The van der Waals surface area contributed by atoms with E-state index in [1.165, 1.54) is 6.07 Å². The molecule has 0 saturated heterocycles. The van der Waals surface area contributed by atoms with E-state index in [2.05, 4.69) is 21.2 Å². The van der Waals surface area contributed by atoms with Gasteiger partial charge in [-0.2, -0.15) is 0 Å². The van der Waals surface area contributed by atoms with Crippen molar-refractivity contribution in [1.29, 1.82) is 0 Å². The van der Waals surface area contributed by atoms with Crippen molar-refractivity contribution in [3.8, 4) is 5.75 Å². The number of rotatable bonds is 3. The molecule has 0 radical (unpaired) electrons. The maximum atomic E-state index is 13.6. The molecular weight excluding hydrogens is 297 g/mol. The Bertz CT molecular complexity index is 551. The molecule has 2 nitrogen and oxygen atoms in total. The van der Waals surface area contributed by atoms with E-state index in [9.17, 15) is 9.50 Å². The molecule has 2 rings (SSSR count). The predicted molar refractivity (Wildman–Crippen MR) is 74.3 cm³/mol. The Morgan fingerprint density at radius 2 is 1.94 bits per heavy atom. The molecular formula is C14H13BrFNO. The molecule has 18 heavy (non-hydrogen) atoms. The quantitative estimate of drug-likeness (QED) is 0.890. The molecule has 2 aromatic carbocycles. The summed E-state index contributed by atoms with van der Waals surface area (Å²) in [5.74, 6) is -0.0750. The predicted octanol–water partition coefficient (Wildman–Crippen LogP) is 4.21.